The molecule has 1 aliphatic heterocycles. The first-order valence-electron chi connectivity index (χ1n) is 8.28. The summed E-state index contributed by atoms with van der Waals surface area (Å²) in [5, 5.41) is 12.3. The van der Waals surface area contributed by atoms with Crippen molar-refractivity contribution < 1.29 is 9.59 Å². The molecule has 0 aliphatic carbocycles. The molecule has 25 heavy (non-hydrogen) atoms. The molecule has 1 saturated heterocycles. The number of thiazole rings is 1. The van der Waals surface area contributed by atoms with E-state index < -0.39 is 0 Å². The number of anilines is 2. The number of likely N-dealkylation sites (tertiary alicyclic amines) is 1. The number of amides is 2. The van der Waals surface area contributed by atoms with E-state index in [1.807, 2.05) is 12.4 Å². The second kappa shape index (κ2) is 7.75. The van der Waals surface area contributed by atoms with Gasteiger partial charge in [-0.1, -0.05) is 6.42 Å². The largest absolute Gasteiger partial charge is 0.308 e. The summed E-state index contributed by atoms with van der Waals surface area (Å²) in [7, 11) is 1.81. The third-order valence-electron chi connectivity index (χ3n) is 4.09. The normalized spacial score (nSPS) is 18.1. The van der Waals surface area contributed by atoms with Gasteiger partial charge in [-0.2, -0.15) is 5.10 Å². The lowest BCUT2D eigenvalue weighted by molar-refractivity contribution is -0.118. The summed E-state index contributed by atoms with van der Waals surface area (Å²) in [6, 6.07) is 1.87. The van der Waals surface area contributed by atoms with Gasteiger partial charge in [0, 0.05) is 31.6 Å². The smallest absolute Gasteiger partial charge is 0.239 e. The average Bonchev–Trinajstić information content (AvgIpc) is 3.16. The molecule has 2 aromatic rings. The minimum absolute atomic E-state index is 0.0806. The van der Waals surface area contributed by atoms with Gasteiger partial charge in [0.1, 0.15) is 0 Å². The molecule has 3 rings (SSSR count). The van der Waals surface area contributed by atoms with Crippen molar-refractivity contribution in [2.24, 2.45) is 7.05 Å². The summed E-state index contributed by atoms with van der Waals surface area (Å²) in [6.45, 7) is 2.62. The quantitative estimate of drug-likeness (QED) is 0.849. The van der Waals surface area contributed by atoms with Crippen LogP contribution in [0.3, 0.4) is 0 Å². The lowest BCUT2D eigenvalue weighted by Crippen LogP contribution is -2.39. The molecule has 1 aliphatic rings. The highest BCUT2D eigenvalue weighted by molar-refractivity contribution is 7.13. The maximum atomic E-state index is 12.3. The molecule has 1 atom stereocenters. The van der Waals surface area contributed by atoms with E-state index in [4.69, 9.17) is 0 Å². The summed E-state index contributed by atoms with van der Waals surface area (Å²) in [5.74, 6) is 0.349. The molecule has 0 aromatic carbocycles. The summed E-state index contributed by atoms with van der Waals surface area (Å²) < 4.78 is 1.65. The second-order valence-corrected chi connectivity index (χ2v) is 7.02. The fourth-order valence-electron chi connectivity index (χ4n) is 3.01. The number of rotatable bonds is 5. The lowest BCUT2D eigenvalue weighted by atomic mass is 10.00. The molecular weight excluding hydrogens is 340 g/mol. The zero-order chi connectivity index (χ0) is 17.8. The number of nitrogens with zero attached hydrogens (tertiary/aromatic N) is 4. The Kier molecular flexibility index (Phi) is 5.44. The van der Waals surface area contributed by atoms with Crippen molar-refractivity contribution in [2.45, 2.75) is 32.2 Å². The van der Waals surface area contributed by atoms with Gasteiger partial charge < -0.3 is 10.6 Å². The molecule has 2 N–H and O–H groups in total. The Balaban J connectivity index is 1.65. The Morgan fingerprint density at radius 2 is 2.20 bits per heavy atom. The van der Waals surface area contributed by atoms with Gasteiger partial charge in [-0.25, -0.2) is 4.98 Å². The van der Waals surface area contributed by atoms with Crippen LogP contribution in [0.1, 0.15) is 37.9 Å². The Morgan fingerprint density at radius 3 is 2.92 bits per heavy atom. The first kappa shape index (κ1) is 17.6. The van der Waals surface area contributed by atoms with E-state index in [-0.39, 0.29) is 17.9 Å². The molecule has 0 unspecified atom stereocenters. The number of nitrogens with one attached hydrogen (secondary N) is 2. The average molecular weight is 362 g/mol. The molecule has 0 radical (unpaired) electrons. The molecule has 2 aromatic heterocycles. The van der Waals surface area contributed by atoms with E-state index in [9.17, 15) is 9.59 Å². The Bertz CT molecular complexity index is 755. The SMILES string of the molecule is CC(=O)Nc1nc([C@H]2CCCCN2CC(=O)Nc2ccn(C)n2)cs1. The summed E-state index contributed by atoms with van der Waals surface area (Å²) in [5.41, 5.74) is 0.916. The van der Waals surface area contributed by atoms with Gasteiger partial charge in [-0.05, 0) is 19.4 Å². The van der Waals surface area contributed by atoms with Crippen LogP contribution in [-0.2, 0) is 16.6 Å². The topological polar surface area (TPSA) is 92.1 Å². The summed E-state index contributed by atoms with van der Waals surface area (Å²) in [4.78, 5) is 30.2. The molecule has 9 heteroatoms. The van der Waals surface area contributed by atoms with Crippen LogP contribution in [-0.4, -0.2) is 44.6 Å². The van der Waals surface area contributed by atoms with E-state index >= 15 is 0 Å². The molecule has 0 bridgehead atoms. The molecular formula is C16H22N6O2S. The molecule has 2 amide bonds. The number of hydrogen-bond donors (Lipinski definition) is 2. The van der Waals surface area contributed by atoms with Crippen LogP contribution in [0, 0.1) is 0 Å². The standard InChI is InChI=1S/C16H22N6O2S/c1-11(23)17-16-18-12(10-25-16)13-5-3-4-7-22(13)9-15(24)19-14-6-8-21(2)20-14/h6,8,10,13H,3-5,7,9H2,1-2H3,(H,17,18,23)(H,19,20,24)/t13-/m1/s1. The zero-order valence-electron chi connectivity index (χ0n) is 14.4. The third kappa shape index (κ3) is 4.64. The summed E-state index contributed by atoms with van der Waals surface area (Å²) in [6.07, 6.45) is 4.92. The molecule has 0 saturated carbocycles. The predicted molar refractivity (Wildman–Crippen MR) is 96.4 cm³/mol. The van der Waals surface area contributed by atoms with Crippen molar-refractivity contribution in [1.29, 1.82) is 0 Å². The highest BCUT2D eigenvalue weighted by atomic mass is 32.1. The monoisotopic (exact) mass is 362 g/mol. The fourth-order valence-corrected chi connectivity index (χ4v) is 3.81. The van der Waals surface area contributed by atoms with Crippen LogP contribution < -0.4 is 10.6 Å². The summed E-state index contributed by atoms with van der Waals surface area (Å²) >= 11 is 1.41. The lowest BCUT2D eigenvalue weighted by Gasteiger charge is -2.34. The zero-order valence-corrected chi connectivity index (χ0v) is 15.2. The number of aromatic nitrogens is 3. The Morgan fingerprint density at radius 1 is 1.36 bits per heavy atom. The van der Waals surface area contributed by atoms with Crippen molar-refractivity contribution >= 4 is 34.1 Å². The Hall–Kier alpha value is -2.26. The molecule has 3 heterocycles. The minimum atomic E-state index is -0.129. The highest BCUT2D eigenvalue weighted by Gasteiger charge is 2.27. The van der Waals surface area contributed by atoms with Crippen LogP contribution >= 0.6 is 11.3 Å². The van der Waals surface area contributed by atoms with Crippen molar-refractivity contribution in [1.82, 2.24) is 19.7 Å². The fraction of sp³-hybridized carbons (Fsp3) is 0.500. The van der Waals surface area contributed by atoms with Gasteiger partial charge in [0.2, 0.25) is 11.8 Å². The maximum absolute atomic E-state index is 12.3. The van der Waals surface area contributed by atoms with Gasteiger partial charge in [-0.15, -0.1) is 11.3 Å². The van der Waals surface area contributed by atoms with Crippen molar-refractivity contribution in [3.8, 4) is 0 Å². The Labute approximate surface area is 150 Å². The number of piperidine rings is 1. The van der Waals surface area contributed by atoms with Gasteiger partial charge in [0.25, 0.3) is 0 Å². The van der Waals surface area contributed by atoms with Crippen molar-refractivity contribution in [3.63, 3.8) is 0 Å². The minimum Gasteiger partial charge on any atom is -0.308 e. The molecule has 0 spiro atoms. The highest BCUT2D eigenvalue weighted by Crippen LogP contribution is 2.32. The van der Waals surface area contributed by atoms with Gasteiger partial charge in [0.05, 0.1) is 18.3 Å². The van der Waals surface area contributed by atoms with E-state index in [0.717, 1.165) is 31.5 Å². The van der Waals surface area contributed by atoms with Gasteiger partial charge >= 0.3 is 0 Å². The number of hydrogen-bond acceptors (Lipinski definition) is 6. The van der Waals surface area contributed by atoms with E-state index in [2.05, 4.69) is 25.6 Å². The van der Waals surface area contributed by atoms with E-state index in [0.29, 0.717) is 17.5 Å². The first-order valence-corrected chi connectivity index (χ1v) is 9.16. The number of carbonyl (C=O) groups is 2. The van der Waals surface area contributed by atoms with Crippen LogP contribution in [0.4, 0.5) is 10.9 Å². The number of carbonyl (C=O) groups excluding carboxylic acids is 2. The molecule has 1 fully saturated rings. The predicted octanol–water partition coefficient (Wildman–Crippen LogP) is 2.00. The molecule has 8 nitrogen and oxygen atoms in total. The third-order valence-corrected chi connectivity index (χ3v) is 4.86. The maximum Gasteiger partial charge on any atom is 0.239 e. The van der Waals surface area contributed by atoms with Crippen LogP contribution in [0.5, 0.6) is 0 Å². The van der Waals surface area contributed by atoms with Crippen LogP contribution in [0.15, 0.2) is 17.6 Å². The second-order valence-electron chi connectivity index (χ2n) is 6.16. The van der Waals surface area contributed by atoms with Crippen LogP contribution in [0.2, 0.25) is 0 Å². The van der Waals surface area contributed by atoms with Crippen molar-refractivity contribution in [3.05, 3.63) is 23.3 Å². The first-order chi connectivity index (χ1) is 12.0. The number of aryl methyl sites for hydroxylation is 1. The van der Waals surface area contributed by atoms with E-state index in [1.165, 1.54) is 18.3 Å². The van der Waals surface area contributed by atoms with Crippen LogP contribution in [0.25, 0.3) is 0 Å². The molecule has 134 valence electrons. The van der Waals surface area contributed by atoms with Gasteiger partial charge in [0.15, 0.2) is 10.9 Å². The van der Waals surface area contributed by atoms with E-state index in [1.54, 1.807) is 16.9 Å². The van der Waals surface area contributed by atoms with Gasteiger partial charge in [-0.3, -0.25) is 19.2 Å². The van der Waals surface area contributed by atoms with Crippen molar-refractivity contribution in [2.75, 3.05) is 23.7 Å².